The number of rotatable bonds is 9. The van der Waals surface area contributed by atoms with Crippen LogP contribution in [0.4, 0.5) is 0 Å². The smallest absolute Gasteiger partial charge is 0.304 e. The van der Waals surface area contributed by atoms with Crippen molar-refractivity contribution in [1.82, 2.24) is 0 Å². The predicted molar refractivity (Wildman–Crippen MR) is 60.7 cm³/mol. The molecule has 0 radical (unpaired) electrons. The third kappa shape index (κ3) is 6.19. The van der Waals surface area contributed by atoms with Gasteiger partial charge in [0.25, 0.3) is 10.1 Å². The highest BCUT2D eigenvalue weighted by Gasteiger charge is 2.31. The SMILES string of the molecule is C=CCOP(=O)(CS(=O)(=O)OC)OCC=C. The van der Waals surface area contributed by atoms with Crippen LogP contribution in [-0.4, -0.2) is 34.2 Å². The first-order valence-corrected chi connectivity index (χ1v) is 7.58. The van der Waals surface area contributed by atoms with Crippen LogP contribution in [0.1, 0.15) is 0 Å². The monoisotopic (exact) mass is 270 g/mol. The van der Waals surface area contributed by atoms with Gasteiger partial charge in [0, 0.05) is 0 Å². The summed E-state index contributed by atoms with van der Waals surface area (Å²) in [5, 5.41) is 0. The molecule has 0 amide bonds. The second-order valence-electron chi connectivity index (χ2n) is 2.63. The van der Waals surface area contributed by atoms with Crippen LogP contribution in [0.15, 0.2) is 25.3 Å². The van der Waals surface area contributed by atoms with Gasteiger partial charge in [-0.1, -0.05) is 12.2 Å². The van der Waals surface area contributed by atoms with Gasteiger partial charge in [-0.15, -0.1) is 13.2 Å². The van der Waals surface area contributed by atoms with E-state index in [1.807, 2.05) is 0 Å². The molecule has 0 heterocycles. The van der Waals surface area contributed by atoms with Gasteiger partial charge in [-0.2, -0.15) is 8.42 Å². The molecule has 0 aliphatic heterocycles. The van der Waals surface area contributed by atoms with Crippen molar-refractivity contribution in [2.75, 3.05) is 25.8 Å². The topological polar surface area (TPSA) is 78.9 Å². The highest BCUT2D eigenvalue weighted by atomic mass is 32.2. The maximum atomic E-state index is 11.9. The maximum absolute atomic E-state index is 11.9. The Morgan fingerprint density at radius 1 is 1.19 bits per heavy atom. The van der Waals surface area contributed by atoms with E-state index in [2.05, 4.69) is 17.3 Å². The molecule has 0 saturated heterocycles. The van der Waals surface area contributed by atoms with Crippen LogP contribution in [0.25, 0.3) is 0 Å². The Bertz CT molecular complexity index is 358. The molecule has 16 heavy (non-hydrogen) atoms. The molecule has 0 aliphatic rings. The van der Waals surface area contributed by atoms with Crippen molar-refractivity contribution in [2.45, 2.75) is 0 Å². The predicted octanol–water partition coefficient (Wildman–Crippen LogP) is 1.52. The summed E-state index contributed by atoms with van der Waals surface area (Å²) in [6.07, 6.45) is 2.67. The van der Waals surface area contributed by atoms with Crippen LogP contribution in [0.3, 0.4) is 0 Å². The molecule has 0 N–H and O–H groups in total. The van der Waals surface area contributed by atoms with Gasteiger partial charge in [-0.25, -0.2) is 0 Å². The lowest BCUT2D eigenvalue weighted by Gasteiger charge is -2.16. The fourth-order valence-corrected chi connectivity index (χ4v) is 4.00. The van der Waals surface area contributed by atoms with E-state index in [4.69, 9.17) is 9.05 Å². The third-order valence-corrected chi connectivity index (χ3v) is 5.47. The zero-order valence-electron chi connectivity index (χ0n) is 9.00. The van der Waals surface area contributed by atoms with Crippen molar-refractivity contribution < 1.29 is 26.2 Å². The zero-order valence-corrected chi connectivity index (χ0v) is 10.7. The molecule has 0 aromatic carbocycles. The lowest BCUT2D eigenvalue weighted by Crippen LogP contribution is -2.12. The summed E-state index contributed by atoms with van der Waals surface area (Å²) in [5.41, 5.74) is -0.835. The Balaban J connectivity index is 4.71. The van der Waals surface area contributed by atoms with E-state index in [-0.39, 0.29) is 13.2 Å². The van der Waals surface area contributed by atoms with Gasteiger partial charge in [0.15, 0.2) is 5.49 Å². The molecule has 0 aromatic rings. The molecule has 0 unspecified atom stereocenters. The minimum Gasteiger partial charge on any atom is -0.304 e. The average molecular weight is 270 g/mol. The van der Waals surface area contributed by atoms with Crippen molar-refractivity contribution in [3.8, 4) is 0 Å². The molecule has 0 fully saturated rings. The normalized spacial score (nSPS) is 12.3. The van der Waals surface area contributed by atoms with E-state index >= 15 is 0 Å². The summed E-state index contributed by atoms with van der Waals surface area (Å²) in [5.74, 6) is 0. The number of hydrogen-bond donors (Lipinski definition) is 0. The molecular weight excluding hydrogens is 255 g/mol. The van der Waals surface area contributed by atoms with Gasteiger partial charge in [0.05, 0.1) is 20.3 Å². The van der Waals surface area contributed by atoms with Gasteiger partial charge >= 0.3 is 7.60 Å². The van der Waals surface area contributed by atoms with Gasteiger partial charge in [-0.3, -0.25) is 8.75 Å². The molecule has 94 valence electrons. The molecule has 0 saturated carbocycles. The van der Waals surface area contributed by atoms with Crippen LogP contribution < -0.4 is 0 Å². The first kappa shape index (κ1) is 15.5. The van der Waals surface area contributed by atoms with Crippen LogP contribution in [0, 0.1) is 0 Å². The van der Waals surface area contributed by atoms with E-state index in [1.54, 1.807) is 0 Å². The van der Waals surface area contributed by atoms with Crippen LogP contribution >= 0.6 is 7.60 Å². The highest BCUT2D eigenvalue weighted by molar-refractivity contribution is 7.93. The lowest BCUT2D eigenvalue weighted by atomic mass is 10.7. The maximum Gasteiger partial charge on any atom is 0.348 e. The summed E-state index contributed by atoms with van der Waals surface area (Å²) in [6, 6.07) is 0. The third-order valence-electron chi connectivity index (χ3n) is 1.35. The van der Waals surface area contributed by atoms with Crippen molar-refractivity contribution in [3.63, 3.8) is 0 Å². The second-order valence-corrected chi connectivity index (χ2v) is 6.85. The first-order valence-electron chi connectivity index (χ1n) is 4.27. The summed E-state index contributed by atoms with van der Waals surface area (Å²) >= 11 is 0. The second kappa shape index (κ2) is 6.98. The Kier molecular flexibility index (Phi) is 6.78. The fourth-order valence-electron chi connectivity index (χ4n) is 0.691. The first-order chi connectivity index (χ1) is 7.39. The molecule has 0 atom stereocenters. The quantitative estimate of drug-likeness (QED) is 0.359. The number of hydrogen-bond acceptors (Lipinski definition) is 6. The zero-order chi connectivity index (χ0) is 12.7. The molecule has 0 aliphatic carbocycles. The molecule has 6 nitrogen and oxygen atoms in total. The van der Waals surface area contributed by atoms with Crippen LogP contribution in [0.5, 0.6) is 0 Å². The Hall–Kier alpha value is -0.460. The van der Waals surface area contributed by atoms with Gasteiger partial charge < -0.3 is 9.05 Å². The van der Waals surface area contributed by atoms with E-state index in [0.29, 0.717) is 0 Å². The fraction of sp³-hybridized carbons (Fsp3) is 0.500. The minimum absolute atomic E-state index is 0.0757. The van der Waals surface area contributed by atoms with Crippen LogP contribution in [-0.2, 0) is 27.9 Å². The molecule has 0 bridgehead atoms. The van der Waals surface area contributed by atoms with Crippen molar-refractivity contribution in [3.05, 3.63) is 25.3 Å². The lowest BCUT2D eigenvalue weighted by molar-refractivity contribution is 0.240. The van der Waals surface area contributed by atoms with E-state index < -0.39 is 23.2 Å². The summed E-state index contributed by atoms with van der Waals surface area (Å²) < 4.78 is 48.0. The molecule has 8 heteroatoms. The van der Waals surface area contributed by atoms with Crippen molar-refractivity contribution in [1.29, 1.82) is 0 Å². The summed E-state index contributed by atoms with van der Waals surface area (Å²) in [6.45, 7) is 6.56. The molecule has 0 rings (SSSR count). The van der Waals surface area contributed by atoms with Gasteiger partial charge in [0.2, 0.25) is 0 Å². The molecule has 0 spiro atoms. The largest absolute Gasteiger partial charge is 0.348 e. The van der Waals surface area contributed by atoms with E-state index in [0.717, 1.165) is 7.11 Å². The highest BCUT2D eigenvalue weighted by Crippen LogP contribution is 2.49. The Morgan fingerprint density at radius 3 is 1.94 bits per heavy atom. The summed E-state index contributed by atoms with van der Waals surface area (Å²) in [7, 11) is -6.69. The standard InChI is InChI=1S/C8H15O6PS/c1-4-6-13-15(9,14-7-5-2)8-16(10,11)12-3/h4-5H,1-2,6-8H2,3H3. The molecular formula is C8H15O6PS. The van der Waals surface area contributed by atoms with Crippen molar-refractivity contribution in [2.24, 2.45) is 0 Å². The van der Waals surface area contributed by atoms with Gasteiger partial charge in [0.1, 0.15) is 0 Å². The minimum atomic E-state index is -3.92. The summed E-state index contributed by atoms with van der Waals surface area (Å²) in [4.78, 5) is 0. The van der Waals surface area contributed by atoms with Gasteiger partial charge in [-0.05, 0) is 0 Å². The molecule has 0 aromatic heterocycles. The Morgan fingerprint density at radius 2 is 1.62 bits per heavy atom. The van der Waals surface area contributed by atoms with Crippen LogP contribution in [0.2, 0.25) is 0 Å². The van der Waals surface area contributed by atoms with E-state index in [9.17, 15) is 13.0 Å². The average Bonchev–Trinajstić information content (AvgIpc) is 2.23. The Labute approximate surface area is 95.6 Å². The van der Waals surface area contributed by atoms with E-state index in [1.165, 1.54) is 12.2 Å². The van der Waals surface area contributed by atoms with Crippen molar-refractivity contribution >= 4 is 17.7 Å².